The van der Waals surface area contributed by atoms with Crippen LogP contribution in [0.2, 0.25) is 0 Å². The van der Waals surface area contributed by atoms with Crippen LogP contribution >= 0.6 is 0 Å². The van der Waals surface area contributed by atoms with Gasteiger partial charge in [-0.25, -0.2) is 9.78 Å². The number of carbonyl (C=O) groups excluding carboxylic acids is 2. The van der Waals surface area contributed by atoms with E-state index in [9.17, 15) is 9.59 Å². The van der Waals surface area contributed by atoms with Crippen LogP contribution in [0.1, 0.15) is 22.8 Å². The lowest BCUT2D eigenvalue weighted by atomic mass is 10.2. The van der Waals surface area contributed by atoms with E-state index in [1.165, 1.54) is 24.8 Å². The summed E-state index contributed by atoms with van der Waals surface area (Å²) in [7, 11) is 0. The second-order valence-corrected chi connectivity index (χ2v) is 5.59. The summed E-state index contributed by atoms with van der Waals surface area (Å²) in [6.45, 7) is 1.98. The Labute approximate surface area is 161 Å². The van der Waals surface area contributed by atoms with Crippen molar-refractivity contribution in [3.05, 3.63) is 78.4 Å². The van der Waals surface area contributed by atoms with Gasteiger partial charge in [-0.2, -0.15) is 0 Å². The Hall–Kier alpha value is -3.87. The summed E-state index contributed by atoms with van der Waals surface area (Å²) in [6, 6.07) is 11.7. The van der Waals surface area contributed by atoms with Crippen molar-refractivity contribution in [3.63, 3.8) is 0 Å². The fourth-order valence-electron chi connectivity index (χ4n) is 2.31. The molecule has 1 aromatic carbocycles. The summed E-state index contributed by atoms with van der Waals surface area (Å²) < 4.78 is 15.7. The van der Waals surface area contributed by atoms with Crippen LogP contribution in [0.5, 0.6) is 11.6 Å². The molecule has 28 heavy (non-hydrogen) atoms. The maximum atomic E-state index is 12.0. The van der Waals surface area contributed by atoms with Crippen molar-refractivity contribution in [2.24, 2.45) is 0 Å². The van der Waals surface area contributed by atoms with Crippen molar-refractivity contribution >= 4 is 23.6 Å². The molecule has 0 unspecified atom stereocenters. The number of nitrogens with one attached hydrogen (secondary N) is 1. The van der Waals surface area contributed by atoms with Crippen LogP contribution in [0.4, 0.5) is 5.69 Å². The highest BCUT2D eigenvalue weighted by Crippen LogP contribution is 2.25. The van der Waals surface area contributed by atoms with Crippen LogP contribution in [-0.4, -0.2) is 23.5 Å². The summed E-state index contributed by atoms with van der Waals surface area (Å²) >= 11 is 0. The summed E-state index contributed by atoms with van der Waals surface area (Å²) in [6.07, 6.45) is 7.62. The molecule has 7 heteroatoms. The van der Waals surface area contributed by atoms with Crippen LogP contribution in [0.3, 0.4) is 0 Å². The third-order valence-corrected chi connectivity index (χ3v) is 3.55. The lowest BCUT2D eigenvalue weighted by Crippen LogP contribution is -2.08. The number of carbonyl (C=O) groups is 2. The molecular formula is C21H18N2O5. The van der Waals surface area contributed by atoms with Gasteiger partial charge in [-0.1, -0.05) is 6.07 Å². The lowest BCUT2D eigenvalue weighted by Gasteiger charge is -2.10. The first-order valence-electron chi connectivity index (χ1n) is 8.57. The highest BCUT2D eigenvalue weighted by atomic mass is 16.5. The molecule has 0 spiro atoms. The van der Waals surface area contributed by atoms with E-state index in [-0.39, 0.29) is 24.0 Å². The zero-order valence-electron chi connectivity index (χ0n) is 15.1. The van der Waals surface area contributed by atoms with Gasteiger partial charge in [0.05, 0.1) is 19.1 Å². The van der Waals surface area contributed by atoms with Gasteiger partial charge in [0.1, 0.15) is 11.3 Å². The number of nitrogens with zero attached hydrogens (tertiary/aromatic N) is 1. The van der Waals surface area contributed by atoms with E-state index in [0.29, 0.717) is 11.4 Å². The minimum absolute atomic E-state index is 0.129. The molecule has 0 fully saturated rings. The lowest BCUT2D eigenvalue weighted by molar-refractivity contribution is -0.111. The van der Waals surface area contributed by atoms with Gasteiger partial charge in [0.2, 0.25) is 11.8 Å². The van der Waals surface area contributed by atoms with E-state index in [1.807, 2.05) is 0 Å². The third kappa shape index (κ3) is 5.07. The van der Waals surface area contributed by atoms with E-state index in [1.54, 1.807) is 55.5 Å². The van der Waals surface area contributed by atoms with Gasteiger partial charge >= 0.3 is 5.97 Å². The van der Waals surface area contributed by atoms with Crippen LogP contribution in [0.15, 0.2) is 71.7 Å². The number of furan rings is 1. The number of amides is 1. The van der Waals surface area contributed by atoms with E-state index >= 15 is 0 Å². The molecule has 2 heterocycles. The molecule has 0 aliphatic carbocycles. The molecule has 1 N–H and O–H groups in total. The quantitative estimate of drug-likeness (QED) is 0.487. The summed E-state index contributed by atoms with van der Waals surface area (Å²) in [5, 5.41) is 2.74. The number of rotatable bonds is 7. The zero-order chi connectivity index (χ0) is 19.8. The first kappa shape index (κ1) is 18.9. The molecule has 1 amide bonds. The van der Waals surface area contributed by atoms with Crippen molar-refractivity contribution in [3.8, 4) is 11.6 Å². The predicted molar refractivity (Wildman–Crippen MR) is 103 cm³/mol. The van der Waals surface area contributed by atoms with E-state index in [0.717, 1.165) is 5.56 Å². The summed E-state index contributed by atoms with van der Waals surface area (Å²) in [5.74, 6) is -0.270. The maximum absolute atomic E-state index is 12.0. The summed E-state index contributed by atoms with van der Waals surface area (Å²) in [5.41, 5.74) is 1.55. The maximum Gasteiger partial charge on any atom is 0.343 e. The minimum atomic E-state index is -0.514. The number of anilines is 1. The highest BCUT2D eigenvalue weighted by molar-refractivity contribution is 6.02. The van der Waals surface area contributed by atoms with Crippen LogP contribution < -0.4 is 10.1 Å². The Morgan fingerprint density at radius 2 is 2.11 bits per heavy atom. The number of pyridine rings is 1. The molecule has 0 aliphatic heterocycles. The molecule has 142 valence electrons. The number of benzene rings is 1. The number of hydrogen-bond acceptors (Lipinski definition) is 6. The average Bonchev–Trinajstić information content (AvgIpc) is 3.21. The molecular weight excluding hydrogens is 360 g/mol. The largest absolute Gasteiger partial charge is 0.472 e. The SMILES string of the molecule is CCOC(=O)c1cccnc1Oc1cccc(NC(=O)/C=C/c2ccoc2)c1. The van der Waals surface area contributed by atoms with Gasteiger partial charge in [-0.3, -0.25) is 4.79 Å². The van der Waals surface area contributed by atoms with Crippen molar-refractivity contribution < 1.29 is 23.5 Å². The number of aromatic nitrogens is 1. The number of hydrogen-bond donors (Lipinski definition) is 1. The smallest absolute Gasteiger partial charge is 0.343 e. The molecule has 3 rings (SSSR count). The standard InChI is InChI=1S/C21H18N2O5/c1-2-27-21(25)18-7-4-11-22-20(18)28-17-6-3-5-16(13-17)23-19(24)9-8-15-10-12-26-14-15/h3-14H,2H2,1H3,(H,23,24)/b9-8+. The van der Waals surface area contributed by atoms with Crippen molar-refractivity contribution in [2.45, 2.75) is 6.92 Å². The fraction of sp³-hybridized carbons (Fsp3) is 0.0952. The monoisotopic (exact) mass is 378 g/mol. The molecule has 0 aliphatic rings. The number of ether oxygens (including phenoxy) is 2. The second kappa shape index (κ2) is 9.18. The predicted octanol–water partition coefficient (Wildman–Crippen LogP) is 4.30. The van der Waals surface area contributed by atoms with E-state index in [2.05, 4.69) is 10.3 Å². The molecule has 2 aromatic heterocycles. The van der Waals surface area contributed by atoms with Crippen LogP contribution in [-0.2, 0) is 9.53 Å². The van der Waals surface area contributed by atoms with Gasteiger partial charge in [0, 0.05) is 29.6 Å². The highest BCUT2D eigenvalue weighted by Gasteiger charge is 2.15. The Kier molecular flexibility index (Phi) is 6.20. The van der Waals surface area contributed by atoms with Crippen LogP contribution in [0.25, 0.3) is 6.08 Å². The Morgan fingerprint density at radius 3 is 2.89 bits per heavy atom. The number of esters is 1. The molecule has 0 saturated carbocycles. The Bertz CT molecular complexity index is 980. The molecule has 3 aromatic rings. The van der Waals surface area contributed by atoms with Gasteiger partial charge in [0.15, 0.2) is 0 Å². The molecule has 7 nitrogen and oxygen atoms in total. The molecule has 0 bridgehead atoms. The Balaban J connectivity index is 1.70. The van der Waals surface area contributed by atoms with Crippen molar-refractivity contribution in [2.75, 3.05) is 11.9 Å². The third-order valence-electron chi connectivity index (χ3n) is 3.55. The van der Waals surface area contributed by atoms with Gasteiger partial charge in [0.25, 0.3) is 0 Å². The van der Waals surface area contributed by atoms with E-state index in [4.69, 9.17) is 13.9 Å². The topological polar surface area (TPSA) is 90.7 Å². The molecule has 0 atom stereocenters. The molecule has 0 saturated heterocycles. The van der Waals surface area contributed by atoms with E-state index < -0.39 is 5.97 Å². The zero-order valence-corrected chi connectivity index (χ0v) is 15.1. The van der Waals surface area contributed by atoms with Gasteiger partial charge in [-0.05, 0) is 43.3 Å². The average molecular weight is 378 g/mol. The summed E-state index contributed by atoms with van der Waals surface area (Å²) in [4.78, 5) is 28.2. The van der Waals surface area contributed by atoms with Crippen molar-refractivity contribution in [1.29, 1.82) is 0 Å². The Morgan fingerprint density at radius 1 is 1.21 bits per heavy atom. The first-order chi connectivity index (χ1) is 13.7. The molecule has 0 radical (unpaired) electrons. The normalized spacial score (nSPS) is 10.6. The fourth-order valence-corrected chi connectivity index (χ4v) is 2.31. The van der Waals surface area contributed by atoms with Gasteiger partial charge in [-0.15, -0.1) is 0 Å². The minimum Gasteiger partial charge on any atom is -0.472 e. The van der Waals surface area contributed by atoms with Crippen molar-refractivity contribution in [1.82, 2.24) is 4.98 Å². The second-order valence-electron chi connectivity index (χ2n) is 5.59. The van der Waals surface area contributed by atoms with Gasteiger partial charge < -0.3 is 19.2 Å². The first-order valence-corrected chi connectivity index (χ1v) is 8.57. The van der Waals surface area contributed by atoms with Crippen LogP contribution in [0, 0.1) is 0 Å².